The van der Waals surface area contributed by atoms with Crippen LogP contribution in [-0.4, -0.2) is 15.1 Å². The molecular weight excluding hydrogens is 332 g/mol. The summed E-state index contributed by atoms with van der Waals surface area (Å²) in [5.41, 5.74) is 1.98. The number of nitro benzene ring substituents is 1. The smallest absolute Gasteiger partial charge is 0.293 e. The van der Waals surface area contributed by atoms with Gasteiger partial charge in [0.1, 0.15) is 5.69 Å². The van der Waals surface area contributed by atoms with Crippen molar-refractivity contribution in [2.45, 2.75) is 32.7 Å². The lowest BCUT2D eigenvalue weighted by Gasteiger charge is -2.16. The second-order valence-corrected chi connectivity index (χ2v) is 6.38. The largest absolute Gasteiger partial charge is 0.373 e. The number of nitro groups is 1. The third-order valence-electron chi connectivity index (χ3n) is 4.07. The number of nitrogens with zero attached hydrogens (tertiary/aromatic N) is 3. The molecule has 7 nitrogen and oxygen atoms in total. The van der Waals surface area contributed by atoms with E-state index in [-0.39, 0.29) is 23.5 Å². The van der Waals surface area contributed by atoms with Crippen LogP contribution in [0.2, 0.25) is 0 Å². The minimum absolute atomic E-state index is 0.0328. The molecule has 7 heteroatoms. The molecule has 2 aromatic carbocycles. The van der Waals surface area contributed by atoms with E-state index in [9.17, 15) is 10.1 Å². The van der Waals surface area contributed by atoms with Gasteiger partial charge in [0, 0.05) is 23.6 Å². The van der Waals surface area contributed by atoms with Crippen LogP contribution >= 0.6 is 0 Å². The third kappa shape index (κ3) is 3.72. The zero-order valence-corrected chi connectivity index (χ0v) is 14.8. The summed E-state index contributed by atoms with van der Waals surface area (Å²) in [5, 5.41) is 18.6. The molecule has 1 aromatic heterocycles. The van der Waals surface area contributed by atoms with Crippen molar-refractivity contribution in [3.8, 4) is 11.5 Å². The molecule has 0 fully saturated rings. The Hall–Kier alpha value is -3.22. The molecule has 0 radical (unpaired) electrons. The van der Waals surface area contributed by atoms with Crippen LogP contribution in [0.15, 0.2) is 53.1 Å². The summed E-state index contributed by atoms with van der Waals surface area (Å²) in [7, 11) is 0. The first-order valence-electron chi connectivity index (χ1n) is 8.39. The fourth-order valence-electron chi connectivity index (χ4n) is 2.58. The molecule has 26 heavy (non-hydrogen) atoms. The van der Waals surface area contributed by atoms with Gasteiger partial charge >= 0.3 is 0 Å². The van der Waals surface area contributed by atoms with E-state index >= 15 is 0 Å². The van der Waals surface area contributed by atoms with Gasteiger partial charge in [-0.15, -0.1) is 0 Å². The molecule has 0 spiro atoms. The van der Waals surface area contributed by atoms with Crippen molar-refractivity contribution >= 4 is 11.4 Å². The van der Waals surface area contributed by atoms with Gasteiger partial charge < -0.3 is 9.84 Å². The number of aromatic nitrogens is 2. The molecule has 0 saturated carbocycles. The SMILES string of the molecule is CC(C)c1noc(-c2ccc(NC(C)c3ccccc3)c([N+](=O)[O-])c2)n1. The topological polar surface area (TPSA) is 94.1 Å². The van der Waals surface area contributed by atoms with E-state index in [2.05, 4.69) is 15.5 Å². The average Bonchev–Trinajstić information content (AvgIpc) is 3.13. The van der Waals surface area contributed by atoms with Crippen molar-refractivity contribution in [1.29, 1.82) is 0 Å². The van der Waals surface area contributed by atoms with E-state index in [0.717, 1.165) is 5.56 Å². The van der Waals surface area contributed by atoms with Crippen molar-refractivity contribution in [3.05, 3.63) is 70.0 Å². The molecule has 1 heterocycles. The van der Waals surface area contributed by atoms with Crippen LogP contribution in [0.5, 0.6) is 0 Å². The van der Waals surface area contributed by atoms with Crippen LogP contribution in [0.25, 0.3) is 11.5 Å². The van der Waals surface area contributed by atoms with Crippen LogP contribution in [0, 0.1) is 10.1 Å². The predicted octanol–water partition coefficient (Wildman–Crippen LogP) is 4.94. The van der Waals surface area contributed by atoms with Gasteiger partial charge in [0.25, 0.3) is 11.6 Å². The molecule has 0 bridgehead atoms. The Labute approximate surface area is 151 Å². The Bertz CT molecular complexity index is 906. The van der Waals surface area contributed by atoms with Gasteiger partial charge in [-0.05, 0) is 24.6 Å². The monoisotopic (exact) mass is 352 g/mol. The van der Waals surface area contributed by atoms with Gasteiger partial charge in [-0.25, -0.2) is 0 Å². The summed E-state index contributed by atoms with van der Waals surface area (Å²) in [6, 6.07) is 14.6. The van der Waals surface area contributed by atoms with Crippen molar-refractivity contribution in [2.24, 2.45) is 0 Å². The van der Waals surface area contributed by atoms with Gasteiger partial charge in [0.2, 0.25) is 0 Å². The first-order valence-corrected chi connectivity index (χ1v) is 8.39. The Balaban J connectivity index is 1.90. The highest BCUT2D eigenvalue weighted by Crippen LogP contribution is 2.32. The van der Waals surface area contributed by atoms with E-state index in [4.69, 9.17) is 4.52 Å². The first kappa shape index (κ1) is 17.6. The maximum Gasteiger partial charge on any atom is 0.293 e. The van der Waals surface area contributed by atoms with Crippen molar-refractivity contribution in [2.75, 3.05) is 5.32 Å². The highest BCUT2D eigenvalue weighted by Gasteiger charge is 2.20. The Morgan fingerprint density at radius 3 is 2.46 bits per heavy atom. The van der Waals surface area contributed by atoms with Crippen molar-refractivity contribution in [1.82, 2.24) is 10.1 Å². The Morgan fingerprint density at radius 2 is 1.85 bits per heavy atom. The second kappa shape index (κ2) is 7.35. The van der Waals surface area contributed by atoms with E-state index in [1.807, 2.05) is 51.1 Å². The molecule has 0 aliphatic heterocycles. The molecule has 0 amide bonds. The summed E-state index contributed by atoms with van der Waals surface area (Å²) in [5.74, 6) is 0.970. The molecule has 0 saturated heterocycles. The molecule has 1 N–H and O–H groups in total. The minimum Gasteiger partial charge on any atom is -0.373 e. The van der Waals surface area contributed by atoms with Crippen LogP contribution in [0.1, 0.15) is 44.1 Å². The molecule has 1 unspecified atom stereocenters. The highest BCUT2D eigenvalue weighted by atomic mass is 16.6. The van der Waals surface area contributed by atoms with Crippen LogP contribution in [-0.2, 0) is 0 Å². The molecule has 3 rings (SSSR count). The van der Waals surface area contributed by atoms with Gasteiger partial charge in [-0.1, -0.05) is 49.3 Å². The van der Waals surface area contributed by atoms with Crippen LogP contribution in [0.3, 0.4) is 0 Å². The first-order chi connectivity index (χ1) is 12.5. The zero-order chi connectivity index (χ0) is 18.7. The summed E-state index contributed by atoms with van der Waals surface area (Å²) < 4.78 is 5.23. The summed E-state index contributed by atoms with van der Waals surface area (Å²) in [6.07, 6.45) is 0. The van der Waals surface area contributed by atoms with E-state index in [1.54, 1.807) is 12.1 Å². The predicted molar refractivity (Wildman–Crippen MR) is 99.0 cm³/mol. The number of hydrogen-bond acceptors (Lipinski definition) is 6. The average molecular weight is 352 g/mol. The summed E-state index contributed by atoms with van der Waals surface area (Å²) >= 11 is 0. The maximum atomic E-state index is 11.5. The molecular formula is C19H20N4O3. The molecule has 0 aliphatic rings. The van der Waals surface area contributed by atoms with E-state index < -0.39 is 4.92 Å². The van der Waals surface area contributed by atoms with Crippen LogP contribution < -0.4 is 5.32 Å². The molecule has 0 aliphatic carbocycles. The lowest BCUT2D eigenvalue weighted by Crippen LogP contribution is -2.08. The summed E-state index contributed by atoms with van der Waals surface area (Å²) in [6.45, 7) is 5.87. The minimum atomic E-state index is -0.413. The molecule has 1 atom stereocenters. The van der Waals surface area contributed by atoms with E-state index in [0.29, 0.717) is 17.1 Å². The number of anilines is 1. The zero-order valence-electron chi connectivity index (χ0n) is 14.8. The normalized spacial score (nSPS) is 12.2. The van der Waals surface area contributed by atoms with Crippen molar-refractivity contribution < 1.29 is 9.45 Å². The van der Waals surface area contributed by atoms with Gasteiger partial charge in [0.05, 0.1) is 4.92 Å². The highest BCUT2D eigenvalue weighted by molar-refractivity contribution is 5.70. The fraction of sp³-hybridized carbons (Fsp3) is 0.263. The Kier molecular flexibility index (Phi) is 4.97. The lowest BCUT2D eigenvalue weighted by atomic mass is 10.1. The number of hydrogen-bond donors (Lipinski definition) is 1. The Morgan fingerprint density at radius 1 is 1.12 bits per heavy atom. The number of benzene rings is 2. The summed E-state index contributed by atoms with van der Waals surface area (Å²) in [4.78, 5) is 15.4. The lowest BCUT2D eigenvalue weighted by molar-refractivity contribution is -0.383. The van der Waals surface area contributed by atoms with Gasteiger partial charge in [0.15, 0.2) is 5.82 Å². The van der Waals surface area contributed by atoms with Gasteiger partial charge in [-0.3, -0.25) is 10.1 Å². The molecule has 134 valence electrons. The number of nitrogens with one attached hydrogen (secondary N) is 1. The standard InChI is InChI=1S/C19H20N4O3/c1-12(2)18-21-19(26-22-18)15-9-10-16(17(11-15)23(24)25)20-13(3)14-7-5-4-6-8-14/h4-13,20H,1-3H3. The van der Waals surface area contributed by atoms with E-state index in [1.165, 1.54) is 6.07 Å². The fourth-order valence-corrected chi connectivity index (χ4v) is 2.58. The van der Waals surface area contributed by atoms with Crippen LogP contribution in [0.4, 0.5) is 11.4 Å². The maximum absolute atomic E-state index is 11.5. The number of rotatable bonds is 6. The second-order valence-electron chi connectivity index (χ2n) is 6.38. The van der Waals surface area contributed by atoms with Gasteiger partial charge in [-0.2, -0.15) is 4.98 Å². The molecule has 3 aromatic rings. The third-order valence-corrected chi connectivity index (χ3v) is 4.07. The quantitative estimate of drug-likeness (QED) is 0.499. The van der Waals surface area contributed by atoms with Crippen molar-refractivity contribution in [3.63, 3.8) is 0 Å².